The highest BCUT2D eigenvalue weighted by Gasteiger charge is 2.37. The van der Waals surface area contributed by atoms with E-state index in [2.05, 4.69) is 5.32 Å². The minimum atomic E-state index is -1.02. The number of amides is 3. The summed E-state index contributed by atoms with van der Waals surface area (Å²) in [5.41, 5.74) is 9.76. The Kier molecular flexibility index (Phi) is 8.15. The Hall–Kier alpha value is -5.24. The lowest BCUT2D eigenvalue weighted by atomic mass is 9.92. The van der Waals surface area contributed by atoms with Gasteiger partial charge in [0, 0.05) is 29.7 Å². The van der Waals surface area contributed by atoms with E-state index in [1.165, 1.54) is 6.92 Å². The molecule has 8 nitrogen and oxygen atoms in total. The Bertz CT molecular complexity index is 1650. The molecule has 3 N–H and O–H groups in total. The zero-order valence-corrected chi connectivity index (χ0v) is 23.4. The molecule has 0 bridgehead atoms. The molecule has 0 radical (unpaired) electrons. The maximum atomic E-state index is 13.7. The van der Waals surface area contributed by atoms with Gasteiger partial charge in [0.2, 0.25) is 11.8 Å². The summed E-state index contributed by atoms with van der Waals surface area (Å²) in [5.74, 6) is -1.01. The number of imide groups is 1. The minimum Gasteiger partial charge on any atom is -0.457 e. The van der Waals surface area contributed by atoms with E-state index in [0.29, 0.717) is 34.0 Å². The number of nitrogen functional groups attached to an aromatic ring is 1. The highest BCUT2D eigenvalue weighted by Crippen LogP contribution is 2.44. The van der Waals surface area contributed by atoms with Crippen LogP contribution in [0.1, 0.15) is 48.5 Å². The molecule has 3 amide bonds. The van der Waals surface area contributed by atoms with Gasteiger partial charge in [0.05, 0.1) is 11.6 Å². The number of nitrogens with two attached hydrogens (primary N) is 1. The van der Waals surface area contributed by atoms with Crippen LogP contribution in [-0.4, -0.2) is 29.5 Å². The molecule has 0 saturated carbocycles. The van der Waals surface area contributed by atoms with Crippen molar-refractivity contribution in [3.8, 4) is 22.6 Å². The first-order valence-corrected chi connectivity index (χ1v) is 13.8. The smallest absolute Gasteiger partial charge is 0.256 e. The highest BCUT2D eigenvalue weighted by molar-refractivity contribution is 6.22. The van der Waals surface area contributed by atoms with E-state index in [9.17, 15) is 19.2 Å². The van der Waals surface area contributed by atoms with Gasteiger partial charge in [-0.15, -0.1) is 0 Å². The normalized spacial score (nSPS) is 14.7. The van der Waals surface area contributed by atoms with Crippen LogP contribution in [0.2, 0.25) is 0 Å². The summed E-state index contributed by atoms with van der Waals surface area (Å²) in [4.78, 5) is 53.9. The van der Waals surface area contributed by atoms with E-state index >= 15 is 0 Å². The van der Waals surface area contributed by atoms with Crippen LogP contribution in [0.15, 0.2) is 97.1 Å². The highest BCUT2D eigenvalue weighted by atomic mass is 16.5. The van der Waals surface area contributed by atoms with Gasteiger partial charge in [-0.2, -0.15) is 0 Å². The topological polar surface area (TPSA) is 119 Å². The van der Waals surface area contributed by atoms with Gasteiger partial charge in [0.25, 0.3) is 5.91 Å². The molecule has 4 aromatic rings. The summed E-state index contributed by atoms with van der Waals surface area (Å²) in [6.45, 7) is 3.27. The maximum Gasteiger partial charge on any atom is 0.256 e. The molecule has 0 aliphatic carbocycles. The zero-order valence-electron chi connectivity index (χ0n) is 23.4. The van der Waals surface area contributed by atoms with Crippen LogP contribution in [0.3, 0.4) is 0 Å². The van der Waals surface area contributed by atoms with Crippen molar-refractivity contribution in [2.24, 2.45) is 0 Å². The molecule has 1 heterocycles. The number of carbonyl (C=O) groups excluding carboxylic acids is 4. The molecule has 1 unspecified atom stereocenters. The van der Waals surface area contributed by atoms with Gasteiger partial charge in [-0.25, -0.2) is 4.90 Å². The van der Waals surface area contributed by atoms with Gasteiger partial charge in [-0.05, 0) is 73.5 Å². The van der Waals surface area contributed by atoms with Crippen molar-refractivity contribution in [2.75, 3.05) is 10.6 Å². The first kappa shape index (κ1) is 28.3. The van der Waals surface area contributed by atoms with Gasteiger partial charge in [-0.3, -0.25) is 19.2 Å². The zero-order chi connectivity index (χ0) is 29.8. The van der Waals surface area contributed by atoms with Crippen LogP contribution in [0, 0.1) is 0 Å². The molecule has 0 aromatic heterocycles. The Labute approximate surface area is 244 Å². The van der Waals surface area contributed by atoms with Gasteiger partial charge in [0.1, 0.15) is 17.5 Å². The number of hydrogen-bond donors (Lipinski definition) is 2. The van der Waals surface area contributed by atoms with E-state index < -0.39 is 29.7 Å². The molecule has 5 rings (SSSR count). The van der Waals surface area contributed by atoms with Crippen LogP contribution in [-0.2, 0) is 14.4 Å². The molecule has 8 heteroatoms. The maximum absolute atomic E-state index is 13.7. The Balaban J connectivity index is 1.23. The summed E-state index contributed by atoms with van der Waals surface area (Å²) >= 11 is 0. The van der Waals surface area contributed by atoms with Crippen molar-refractivity contribution in [1.82, 2.24) is 5.32 Å². The minimum absolute atomic E-state index is 0.0417. The molecule has 212 valence electrons. The Morgan fingerprint density at radius 2 is 1.52 bits per heavy atom. The number of hydrogen-bond acceptors (Lipinski definition) is 6. The van der Waals surface area contributed by atoms with Gasteiger partial charge >= 0.3 is 0 Å². The fourth-order valence-electron chi connectivity index (χ4n) is 5.09. The third kappa shape index (κ3) is 5.78. The summed E-state index contributed by atoms with van der Waals surface area (Å²) in [6, 6.07) is 27.5. The second-order valence-corrected chi connectivity index (χ2v) is 10.2. The van der Waals surface area contributed by atoms with Crippen LogP contribution in [0.5, 0.6) is 11.5 Å². The van der Waals surface area contributed by atoms with Crippen molar-refractivity contribution < 1.29 is 23.9 Å². The Morgan fingerprint density at radius 1 is 0.857 bits per heavy atom. The van der Waals surface area contributed by atoms with Crippen molar-refractivity contribution in [3.63, 3.8) is 0 Å². The van der Waals surface area contributed by atoms with Crippen LogP contribution >= 0.6 is 0 Å². The summed E-state index contributed by atoms with van der Waals surface area (Å²) in [6.07, 6.45) is -0.155. The third-order valence-electron chi connectivity index (χ3n) is 7.31. The number of nitrogens with one attached hydrogen (secondary N) is 1. The van der Waals surface area contributed by atoms with Crippen molar-refractivity contribution in [3.05, 3.63) is 108 Å². The Morgan fingerprint density at radius 3 is 2.26 bits per heavy atom. The van der Waals surface area contributed by atoms with Crippen LogP contribution < -0.4 is 20.7 Å². The van der Waals surface area contributed by atoms with Gasteiger partial charge in [0.15, 0.2) is 5.78 Å². The molecule has 0 fully saturated rings. The van der Waals surface area contributed by atoms with E-state index in [1.807, 2.05) is 54.6 Å². The fraction of sp³-hybridized carbons (Fsp3) is 0.176. The molecule has 2 atom stereocenters. The van der Waals surface area contributed by atoms with Crippen molar-refractivity contribution >= 4 is 34.9 Å². The molecule has 0 saturated heterocycles. The number of carbonyl (C=O) groups is 4. The number of ether oxygens (including phenoxy) is 1. The lowest BCUT2D eigenvalue weighted by Crippen LogP contribution is -2.50. The first-order chi connectivity index (χ1) is 20.2. The van der Waals surface area contributed by atoms with Crippen molar-refractivity contribution in [2.45, 2.75) is 38.6 Å². The summed E-state index contributed by atoms with van der Waals surface area (Å²) in [7, 11) is 0. The molecule has 0 spiro atoms. The van der Waals surface area contributed by atoms with E-state index in [1.54, 1.807) is 49.4 Å². The van der Waals surface area contributed by atoms with E-state index in [0.717, 1.165) is 16.0 Å². The predicted molar refractivity (Wildman–Crippen MR) is 161 cm³/mol. The van der Waals surface area contributed by atoms with Gasteiger partial charge in [-0.1, -0.05) is 48.5 Å². The number of para-hydroxylation sites is 1. The third-order valence-corrected chi connectivity index (χ3v) is 7.31. The second-order valence-electron chi connectivity index (χ2n) is 10.2. The SMILES string of the molecule is CC1C(=O)N(C(=O)[C@H](C)NC(=O)CCC(=O)c2ccc(Oc3ccccc3)cc2)c2cccc(N)c2-c2ccccc21. The first-order valence-electron chi connectivity index (χ1n) is 13.8. The summed E-state index contributed by atoms with van der Waals surface area (Å²) < 4.78 is 5.75. The molecular weight excluding hydrogens is 530 g/mol. The number of rotatable bonds is 8. The lowest BCUT2D eigenvalue weighted by Gasteiger charge is -2.26. The van der Waals surface area contributed by atoms with E-state index in [-0.39, 0.29) is 18.6 Å². The number of nitrogens with zero attached hydrogens (tertiary/aromatic N) is 1. The quantitative estimate of drug-likeness (QED) is 0.205. The second kappa shape index (κ2) is 12.1. The van der Waals surface area contributed by atoms with Gasteiger partial charge < -0.3 is 15.8 Å². The average Bonchev–Trinajstić information content (AvgIpc) is 3.09. The fourth-order valence-corrected chi connectivity index (χ4v) is 5.09. The molecule has 42 heavy (non-hydrogen) atoms. The average molecular weight is 562 g/mol. The summed E-state index contributed by atoms with van der Waals surface area (Å²) in [5, 5.41) is 2.66. The molecule has 1 aliphatic rings. The monoisotopic (exact) mass is 561 g/mol. The standard InChI is InChI=1S/C34H31N3O5/c1-21-26-11-6-7-12-27(26)32-28(35)13-8-14-29(32)37(33(21)40)34(41)22(2)36-31(39)20-19-30(38)23-15-17-25(18-16-23)42-24-9-4-3-5-10-24/h3-18,21-22H,19-20,35H2,1-2H3,(H,36,39)/t21?,22-/m0/s1. The molecule has 4 aromatic carbocycles. The predicted octanol–water partition coefficient (Wildman–Crippen LogP) is 5.87. The van der Waals surface area contributed by atoms with Crippen molar-refractivity contribution in [1.29, 1.82) is 0 Å². The largest absolute Gasteiger partial charge is 0.457 e. The lowest BCUT2D eigenvalue weighted by molar-refractivity contribution is -0.131. The number of Topliss-reactive ketones (excluding diaryl/α,β-unsaturated/α-hetero) is 1. The molecule has 1 aliphatic heterocycles. The number of fused-ring (bicyclic) bond motifs is 3. The van der Waals surface area contributed by atoms with Crippen LogP contribution in [0.4, 0.5) is 11.4 Å². The number of ketones is 1. The van der Waals surface area contributed by atoms with Crippen LogP contribution in [0.25, 0.3) is 11.1 Å². The number of benzene rings is 4. The van der Waals surface area contributed by atoms with E-state index in [4.69, 9.17) is 10.5 Å². The molecular formula is C34H31N3O5. The number of anilines is 2.